The van der Waals surface area contributed by atoms with Crippen molar-refractivity contribution in [3.8, 4) is 17.3 Å². The number of benzene rings is 3. The van der Waals surface area contributed by atoms with Gasteiger partial charge in [-0.05, 0) is 48.5 Å². The molecule has 36 heavy (non-hydrogen) atoms. The SMILES string of the molecule is C[N+]1=C=[N+](c2cccc(Oc3ccc4c(c3)c3ccccc3n4-c3ccccn3)c2)c2nccnc21. The lowest BCUT2D eigenvalue weighted by Gasteiger charge is -2.08. The highest BCUT2D eigenvalue weighted by molar-refractivity contribution is 6.09. The van der Waals surface area contributed by atoms with Gasteiger partial charge in [-0.1, -0.05) is 34.9 Å². The molecule has 0 radical (unpaired) electrons. The van der Waals surface area contributed by atoms with Crippen molar-refractivity contribution < 1.29 is 9.31 Å². The summed E-state index contributed by atoms with van der Waals surface area (Å²) in [5.74, 6) is 3.87. The van der Waals surface area contributed by atoms with Crippen molar-refractivity contribution in [1.82, 2.24) is 24.1 Å². The molecule has 0 unspecified atom stereocenters. The van der Waals surface area contributed by atoms with Gasteiger partial charge in [-0.25, -0.2) is 4.98 Å². The first-order valence-corrected chi connectivity index (χ1v) is 11.6. The molecule has 0 N–H and O–H groups in total. The number of pyridine rings is 1. The second-order valence-corrected chi connectivity index (χ2v) is 8.52. The molecule has 7 nitrogen and oxygen atoms in total. The first kappa shape index (κ1) is 20.3. The molecule has 170 valence electrons. The summed E-state index contributed by atoms with van der Waals surface area (Å²) in [6.07, 6.45) is 5.18. The zero-order chi connectivity index (χ0) is 24.1. The van der Waals surface area contributed by atoms with Gasteiger partial charge in [0.25, 0.3) is 0 Å². The number of rotatable bonds is 4. The quantitative estimate of drug-likeness (QED) is 0.295. The Labute approximate surface area is 206 Å². The van der Waals surface area contributed by atoms with Crippen molar-refractivity contribution in [3.63, 3.8) is 0 Å². The zero-order valence-electron chi connectivity index (χ0n) is 19.4. The van der Waals surface area contributed by atoms with Crippen LogP contribution < -0.4 is 9.31 Å². The molecule has 1 aliphatic heterocycles. The van der Waals surface area contributed by atoms with Gasteiger partial charge in [0, 0.05) is 28.0 Å². The average Bonchev–Trinajstić information content (AvgIpc) is 3.44. The van der Waals surface area contributed by atoms with E-state index in [0.717, 1.165) is 56.4 Å². The molecule has 0 aliphatic carbocycles. The Morgan fingerprint density at radius 3 is 2.39 bits per heavy atom. The minimum atomic E-state index is 0.724. The Morgan fingerprint density at radius 1 is 0.694 bits per heavy atom. The molecule has 0 spiro atoms. The number of para-hydroxylation sites is 1. The third-order valence-electron chi connectivity index (χ3n) is 6.27. The van der Waals surface area contributed by atoms with E-state index in [-0.39, 0.29) is 0 Å². The Hall–Kier alpha value is -5.13. The molecule has 7 heteroatoms. The van der Waals surface area contributed by atoms with E-state index in [0.29, 0.717) is 0 Å². The van der Waals surface area contributed by atoms with Gasteiger partial charge >= 0.3 is 17.6 Å². The lowest BCUT2D eigenvalue weighted by molar-refractivity contribution is -0.398. The lowest BCUT2D eigenvalue weighted by Crippen LogP contribution is -2.01. The summed E-state index contributed by atoms with van der Waals surface area (Å²) in [5, 5.41) is 2.26. The predicted octanol–water partition coefficient (Wildman–Crippen LogP) is 6.06. The molecule has 3 aromatic heterocycles. The number of hydrogen-bond acceptors (Lipinski definition) is 4. The van der Waals surface area contributed by atoms with Crippen LogP contribution in [0.5, 0.6) is 11.5 Å². The van der Waals surface area contributed by atoms with E-state index in [9.17, 15) is 0 Å². The third-order valence-corrected chi connectivity index (χ3v) is 6.27. The van der Waals surface area contributed by atoms with Gasteiger partial charge in [-0.3, -0.25) is 4.57 Å². The van der Waals surface area contributed by atoms with Crippen molar-refractivity contribution in [2.75, 3.05) is 7.05 Å². The predicted molar refractivity (Wildman–Crippen MR) is 139 cm³/mol. The van der Waals surface area contributed by atoms with Crippen LogP contribution in [0.2, 0.25) is 0 Å². The minimum absolute atomic E-state index is 0.724. The number of hydrogen-bond donors (Lipinski definition) is 0. The molecule has 0 amide bonds. The Balaban J connectivity index is 1.30. The van der Waals surface area contributed by atoms with Gasteiger partial charge in [-0.15, -0.1) is 4.58 Å². The van der Waals surface area contributed by atoms with Crippen LogP contribution in [0.4, 0.5) is 17.3 Å². The maximum Gasteiger partial charge on any atom is 0.474 e. The number of nitrogens with zero attached hydrogens (tertiary/aromatic N) is 6. The number of aromatic nitrogens is 4. The number of ether oxygens (including phenoxy) is 1. The molecule has 0 atom stereocenters. The summed E-state index contributed by atoms with van der Waals surface area (Å²) in [6.45, 7) is 0. The van der Waals surface area contributed by atoms with Gasteiger partial charge in [-0.2, -0.15) is 4.98 Å². The van der Waals surface area contributed by atoms with Crippen LogP contribution in [0.1, 0.15) is 0 Å². The summed E-state index contributed by atoms with van der Waals surface area (Å²) >= 11 is 0. The molecule has 6 aromatic rings. The van der Waals surface area contributed by atoms with E-state index in [4.69, 9.17) is 4.74 Å². The van der Waals surface area contributed by atoms with Crippen molar-refractivity contribution >= 4 is 45.1 Å². The minimum Gasteiger partial charge on any atom is -0.457 e. The summed E-state index contributed by atoms with van der Waals surface area (Å²) in [6, 6.07) is 31.7. The maximum atomic E-state index is 6.34. The highest BCUT2D eigenvalue weighted by atomic mass is 16.5. The molecule has 3 aromatic carbocycles. The van der Waals surface area contributed by atoms with Gasteiger partial charge in [0.1, 0.15) is 24.4 Å². The van der Waals surface area contributed by atoms with Crippen molar-refractivity contribution in [2.24, 2.45) is 0 Å². The average molecular weight is 469 g/mol. The van der Waals surface area contributed by atoms with E-state index in [1.165, 1.54) is 0 Å². The van der Waals surface area contributed by atoms with E-state index < -0.39 is 0 Å². The zero-order valence-corrected chi connectivity index (χ0v) is 19.4. The van der Waals surface area contributed by atoms with Crippen LogP contribution in [0.3, 0.4) is 0 Å². The monoisotopic (exact) mass is 468 g/mol. The topological polar surface area (TPSA) is 58.9 Å². The van der Waals surface area contributed by atoms with Gasteiger partial charge < -0.3 is 4.74 Å². The van der Waals surface area contributed by atoms with Crippen molar-refractivity contribution in [1.29, 1.82) is 0 Å². The largest absolute Gasteiger partial charge is 0.474 e. The Kier molecular flexibility index (Phi) is 4.49. The van der Waals surface area contributed by atoms with Crippen LogP contribution >= 0.6 is 0 Å². The maximum absolute atomic E-state index is 6.34. The fraction of sp³-hybridized carbons (Fsp3) is 0.0345. The second kappa shape index (κ2) is 7.98. The third kappa shape index (κ3) is 3.19. The van der Waals surface area contributed by atoms with Gasteiger partial charge in [0.15, 0.2) is 11.9 Å². The fourth-order valence-electron chi connectivity index (χ4n) is 4.71. The number of fused-ring (bicyclic) bond motifs is 4. The van der Waals surface area contributed by atoms with Gasteiger partial charge in [0.05, 0.1) is 17.2 Å². The van der Waals surface area contributed by atoms with Crippen LogP contribution in [0.15, 0.2) is 104 Å². The van der Waals surface area contributed by atoms with Crippen LogP contribution in [0.25, 0.3) is 27.6 Å². The summed E-state index contributed by atoms with van der Waals surface area (Å²) in [5.41, 5.74) is 3.08. The summed E-state index contributed by atoms with van der Waals surface area (Å²) in [4.78, 5) is 13.5. The highest BCUT2D eigenvalue weighted by Crippen LogP contribution is 2.36. The highest BCUT2D eigenvalue weighted by Gasteiger charge is 2.34. The van der Waals surface area contributed by atoms with Crippen molar-refractivity contribution in [3.05, 3.63) is 104 Å². The van der Waals surface area contributed by atoms with Crippen molar-refractivity contribution in [2.45, 2.75) is 0 Å². The van der Waals surface area contributed by atoms with E-state index >= 15 is 0 Å². The first-order chi connectivity index (χ1) is 17.8. The second-order valence-electron chi connectivity index (χ2n) is 8.52. The Bertz CT molecular complexity index is 1870. The first-order valence-electron chi connectivity index (χ1n) is 11.6. The molecular formula is C29H20N6O+2. The fourth-order valence-corrected chi connectivity index (χ4v) is 4.71. The van der Waals surface area contributed by atoms with E-state index in [2.05, 4.69) is 61.9 Å². The standard InChI is InChI=1S/C29H20N6O/c1-33-19-34(29-28(33)31-15-16-32-29)20-7-6-8-21(17-20)36-22-12-13-26-24(18-22)23-9-2-3-10-25(23)35(26)27-11-4-5-14-30-27/h2-18H,1H3/q+2. The van der Waals surface area contributed by atoms with Crippen LogP contribution in [-0.4, -0.2) is 37.2 Å². The smallest absolute Gasteiger partial charge is 0.457 e. The molecular weight excluding hydrogens is 448 g/mol. The molecule has 4 heterocycles. The van der Waals surface area contributed by atoms with Gasteiger partial charge in [0.2, 0.25) is 0 Å². The van der Waals surface area contributed by atoms with Crippen LogP contribution in [0, 0.1) is 0 Å². The van der Waals surface area contributed by atoms with E-state index in [1.54, 1.807) is 12.4 Å². The molecule has 1 aliphatic rings. The van der Waals surface area contributed by atoms with Crippen LogP contribution in [-0.2, 0) is 0 Å². The molecule has 7 rings (SSSR count). The summed E-state index contributed by atoms with van der Waals surface area (Å²) in [7, 11) is 1.91. The lowest BCUT2D eigenvalue weighted by atomic mass is 10.1. The normalized spacial score (nSPS) is 12.5. The van der Waals surface area contributed by atoms with E-state index in [1.807, 2.05) is 70.9 Å². The molecule has 0 bridgehead atoms. The molecule has 0 fully saturated rings. The summed E-state index contributed by atoms with van der Waals surface area (Å²) < 4.78 is 12.2. The molecule has 0 saturated carbocycles. The Morgan fingerprint density at radius 2 is 1.50 bits per heavy atom. The molecule has 0 saturated heterocycles.